The molecule has 0 radical (unpaired) electrons. The zero-order valence-electron chi connectivity index (χ0n) is 12.8. The summed E-state index contributed by atoms with van der Waals surface area (Å²) < 4.78 is 65.9. The highest BCUT2D eigenvalue weighted by molar-refractivity contribution is 7.80. The van der Waals surface area contributed by atoms with Crippen molar-refractivity contribution in [2.75, 3.05) is 17.7 Å². The molecule has 0 spiro atoms. The Balaban J connectivity index is -0.000000185. The molecule has 0 fully saturated rings. The molecule has 0 bridgehead atoms. The zero-order chi connectivity index (χ0) is 20.6. The standard InChI is InChI=1S/C8H7Cl2F3N2.C2H5NS.CHF3.CHN.H2O/c9-5-1-4(8(11,12)13)2-6(10)7(5)15-3-14;3-1-2-4;2-1(3)4;1-2;/h1-2,15H,3,14H2;1,3-4H,2H2;1H;1H;1H2. The number of benzene rings is 1. The SMILES string of the molecule is C#N.FC(F)F.N=CCS.NCNc1c(Cl)cc(C(F)(F)F)cc1Cl.O. The van der Waals surface area contributed by atoms with E-state index in [-0.39, 0.29) is 27.9 Å². The van der Waals surface area contributed by atoms with Gasteiger partial charge in [0.05, 0.1) is 28.0 Å². The summed E-state index contributed by atoms with van der Waals surface area (Å²) in [6.45, 7) is -0.134. The van der Waals surface area contributed by atoms with E-state index in [1.165, 1.54) is 6.21 Å². The van der Waals surface area contributed by atoms with Crippen LogP contribution in [-0.4, -0.2) is 30.8 Å². The lowest BCUT2D eigenvalue weighted by Crippen LogP contribution is -2.12. The minimum absolute atomic E-state index is 0. The Labute approximate surface area is 161 Å². The Morgan fingerprint density at radius 2 is 1.54 bits per heavy atom. The van der Waals surface area contributed by atoms with Crippen LogP contribution in [0, 0.1) is 17.2 Å². The molecule has 0 aromatic heterocycles. The molecule has 0 amide bonds. The van der Waals surface area contributed by atoms with Gasteiger partial charge >= 0.3 is 12.9 Å². The number of halogens is 8. The molecule has 0 aliphatic heterocycles. The molecule has 1 aromatic carbocycles. The van der Waals surface area contributed by atoms with Crippen molar-refractivity contribution in [2.24, 2.45) is 5.73 Å². The number of rotatable bonds is 3. The summed E-state index contributed by atoms with van der Waals surface area (Å²) in [6.07, 6.45) is -3.22. The maximum absolute atomic E-state index is 12.3. The average Bonchev–Trinajstić information content (AvgIpc) is 2.51. The fourth-order valence-corrected chi connectivity index (χ4v) is 1.63. The molecule has 0 atom stereocenters. The minimum Gasteiger partial charge on any atom is -0.412 e. The van der Waals surface area contributed by atoms with Crippen molar-refractivity contribution in [3.63, 3.8) is 0 Å². The first-order valence-corrected chi connectivity index (χ1v) is 7.18. The molecule has 0 unspecified atom stereocenters. The van der Waals surface area contributed by atoms with Crippen molar-refractivity contribution in [1.29, 1.82) is 10.7 Å². The Bertz CT molecular complexity index is 494. The number of nitrogens with one attached hydrogen (secondary N) is 2. The number of nitriles is 1. The topological polar surface area (TPSA) is 117 Å². The van der Waals surface area contributed by atoms with E-state index in [0.29, 0.717) is 5.75 Å². The monoisotopic (exact) mass is 448 g/mol. The van der Waals surface area contributed by atoms with Crippen molar-refractivity contribution in [1.82, 2.24) is 0 Å². The van der Waals surface area contributed by atoms with E-state index in [9.17, 15) is 26.3 Å². The maximum Gasteiger partial charge on any atom is 0.416 e. The van der Waals surface area contributed by atoms with Gasteiger partial charge in [-0.15, -0.1) is 0 Å². The van der Waals surface area contributed by atoms with Gasteiger partial charge in [0.25, 0.3) is 0 Å². The molecular formula is C12H16Cl2F6N4OS. The molecular weight excluding hydrogens is 433 g/mol. The third-order valence-corrected chi connectivity index (χ3v) is 2.52. The molecule has 0 saturated heterocycles. The van der Waals surface area contributed by atoms with Gasteiger partial charge in [-0.05, 0) is 12.1 Å². The van der Waals surface area contributed by atoms with Gasteiger partial charge in [0.15, 0.2) is 0 Å². The molecule has 0 aliphatic rings. The lowest BCUT2D eigenvalue weighted by atomic mass is 10.2. The van der Waals surface area contributed by atoms with E-state index in [0.717, 1.165) is 12.1 Å². The smallest absolute Gasteiger partial charge is 0.412 e. The first kappa shape index (κ1) is 32.3. The summed E-state index contributed by atoms with van der Waals surface area (Å²) >= 11 is 14.9. The summed E-state index contributed by atoms with van der Waals surface area (Å²) in [4.78, 5) is 0. The highest BCUT2D eigenvalue weighted by atomic mass is 35.5. The summed E-state index contributed by atoms with van der Waals surface area (Å²) in [6, 6.07) is 1.59. The fraction of sp³-hybridized carbons (Fsp3) is 0.333. The highest BCUT2D eigenvalue weighted by Crippen LogP contribution is 2.38. The van der Waals surface area contributed by atoms with Gasteiger partial charge in [-0.1, -0.05) is 23.2 Å². The lowest BCUT2D eigenvalue weighted by Gasteiger charge is -2.12. The van der Waals surface area contributed by atoms with Crippen molar-refractivity contribution >= 4 is 47.7 Å². The van der Waals surface area contributed by atoms with Crippen LogP contribution >= 0.6 is 35.8 Å². The molecule has 0 aliphatic carbocycles. The van der Waals surface area contributed by atoms with Crippen molar-refractivity contribution in [2.45, 2.75) is 12.9 Å². The number of thiol groups is 1. The van der Waals surface area contributed by atoms with Gasteiger partial charge in [-0.3, -0.25) is 0 Å². The summed E-state index contributed by atoms with van der Waals surface area (Å²) in [5, 5.41) is 15.1. The number of anilines is 1. The number of nitrogens with two attached hydrogens (primary N) is 1. The van der Waals surface area contributed by atoms with Crippen LogP contribution in [0.3, 0.4) is 0 Å². The Morgan fingerprint density at radius 3 is 1.73 bits per heavy atom. The third-order valence-electron chi connectivity index (χ3n) is 1.74. The van der Waals surface area contributed by atoms with E-state index in [1.807, 2.05) is 0 Å². The first-order chi connectivity index (χ1) is 11.5. The quantitative estimate of drug-likeness (QED) is 0.237. The molecule has 6 N–H and O–H groups in total. The van der Waals surface area contributed by atoms with Crippen LogP contribution in [-0.2, 0) is 6.18 Å². The van der Waals surface area contributed by atoms with Gasteiger partial charge in [0.2, 0.25) is 0 Å². The van der Waals surface area contributed by atoms with Crippen molar-refractivity contribution in [3.8, 4) is 6.57 Å². The number of nitrogens with zero attached hydrogens (tertiary/aromatic N) is 1. The maximum atomic E-state index is 12.3. The Kier molecular flexibility index (Phi) is 22.9. The minimum atomic E-state index is -4.46. The van der Waals surface area contributed by atoms with E-state index < -0.39 is 18.4 Å². The van der Waals surface area contributed by atoms with Gasteiger partial charge in [-0.2, -0.15) is 39.0 Å². The second kappa shape index (κ2) is 18.4. The van der Waals surface area contributed by atoms with Crippen molar-refractivity contribution < 1.29 is 31.8 Å². The zero-order valence-corrected chi connectivity index (χ0v) is 15.2. The summed E-state index contributed by atoms with van der Waals surface area (Å²) in [5.74, 6) is 0.556. The van der Waals surface area contributed by atoms with Crippen molar-refractivity contribution in [3.05, 3.63) is 27.7 Å². The molecule has 0 saturated carbocycles. The van der Waals surface area contributed by atoms with Crippen LogP contribution in [0.2, 0.25) is 10.0 Å². The predicted octanol–water partition coefficient (Wildman–Crippen LogP) is 4.40. The van der Waals surface area contributed by atoms with Crippen LogP contribution in [0.1, 0.15) is 5.56 Å². The van der Waals surface area contributed by atoms with E-state index in [2.05, 4.69) is 24.5 Å². The molecule has 14 heteroatoms. The van der Waals surface area contributed by atoms with Crippen LogP contribution in [0.25, 0.3) is 0 Å². The normalized spacial score (nSPS) is 9.12. The van der Waals surface area contributed by atoms with Gasteiger partial charge in [-0.25, -0.2) is 5.26 Å². The molecule has 26 heavy (non-hydrogen) atoms. The van der Waals surface area contributed by atoms with Gasteiger partial charge in [0.1, 0.15) is 0 Å². The molecule has 1 rings (SSSR count). The second-order valence-corrected chi connectivity index (χ2v) is 4.51. The number of alkyl halides is 6. The van der Waals surface area contributed by atoms with Gasteiger partial charge < -0.3 is 21.9 Å². The Morgan fingerprint density at radius 1 is 1.23 bits per heavy atom. The van der Waals surface area contributed by atoms with Crippen LogP contribution in [0.4, 0.5) is 32.0 Å². The lowest BCUT2D eigenvalue weighted by molar-refractivity contribution is -0.137. The molecule has 5 nitrogen and oxygen atoms in total. The van der Waals surface area contributed by atoms with Crippen LogP contribution < -0.4 is 11.1 Å². The number of hydrogen-bond acceptors (Lipinski definition) is 5. The largest absolute Gasteiger partial charge is 0.416 e. The highest BCUT2D eigenvalue weighted by Gasteiger charge is 2.31. The molecule has 1 aromatic rings. The van der Waals surface area contributed by atoms with E-state index in [4.69, 9.17) is 39.6 Å². The number of hydrogen-bond donors (Lipinski definition) is 4. The van der Waals surface area contributed by atoms with Crippen LogP contribution in [0.15, 0.2) is 12.1 Å². The average molecular weight is 449 g/mol. The van der Waals surface area contributed by atoms with Crippen LogP contribution in [0.5, 0.6) is 0 Å². The third kappa shape index (κ3) is 17.4. The molecule has 152 valence electrons. The summed E-state index contributed by atoms with van der Waals surface area (Å²) in [5.41, 5.74) is 4.49. The Hall–Kier alpha value is -1.39. The summed E-state index contributed by atoms with van der Waals surface area (Å²) in [7, 11) is 0. The predicted molar refractivity (Wildman–Crippen MR) is 94.2 cm³/mol. The first-order valence-electron chi connectivity index (χ1n) is 5.79. The van der Waals surface area contributed by atoms with E-state index >= 15 is 0 Å². The fourth-order valence-electron chi connectivity index (χ4n) is 1.01. The molecule has 0 heterocycles. The van der Waals surface area contributed by atoms with Gasteiger partial charge in [0, 0.05) is 18.5 Å². The van der Waals surface area contributed by atoms with E-state index in [1.54, 1.807) is 0 Å². The second-order valence-electron chi connectivity index (χ2n) is 3.33.